The summed E-state index contributed by atoms with van der Waals surface area (Å²) < 4.78 is 4.12. The van der Waals surface area contributed by atoms with Crippen molar-refractivity contribution in [2.24, 2.45) is 0 Å². The molecule has 0 spiro atoms. The number of nitrogens with zero attached hydrogens (tertiary/aromatic N) is 6. The van der Waals surface area contributed by atoms with Gasteiger partial charge in [-0.15, -0.1) is 5.10 Å². The predicted molar refractivity (Wildman–Crippen MR) is 87.6 cm³/mol. The lowest BCUT2D eigenvalue weighted by Gasteiger charge is -2.08. The Hall–Kier alpha value is -3.02. The molecule has 0 N–H and O–H groups in total. The summed E-state index contributed by atoms with van der Waals surface area (Å²) in [6, 6.07) is 12.0. The minimum absolute atomic E-state index is 0.828. The minimum atomic E-state index is 0.828. The van der Waals surface area contributed by atoms with Crippen LogP contribution in [0.3, 0.4) is 0 Å². The molecule has 0 radical (unpaired) electrons. The molecule has 23 heavy (non-hydrogen) atoms. The van der Waals surface area contributed by atoms with E-state index in [0.717, 1.165) is 41.9 Å². The molecular weight excluding hydrogens is 288 g/mol. The number of aromatic nitrogens is 6. The third kappa shape index (κ3) is 2.70. The first-order valence-corrected chi connectivity index (χ1v) is 7.61. The Kier molecular flexibility index (Phi) is 3.56. The SMILES string of the molecule is c1ccc2c(c1)nnn2CCCn1ccnc1-c1ccncc1. The normalized spacial score (nSPS) is 11.1. The van der Waals surface area contributed by atoms with Crippen molar-refractivity contribution in [1.29, 1.82) is 0 Å². The van der Waals surface area contributed by atoms with Crippen molar-refractivity contribution in [3.8, 4) is 11.4 Å². The molecule has 0 atom stereocenters. The van der Waals surface area contributed by atoms with Gasteiger partial charge in [-0.25, -0.2) is 9.67 Å². The van der Waals surface area contributed by atoms with Gasteiger partial charge < -0.3 is 4.57 Å². The summed E-state index contributed by atoms with van der Waals surface area (Å²) in [5.74, 6) is 0.968. The maximum atomic E-state index is 4.45. The molecule has 0 aliphatic heterocycles. The van der Waals surface area contributed by atoms with E-state index in [4.69, 9.17) is 0 Å². The Morgan fingerprint density at radius 1 is 0.913 bits per heavy atom. The summed E-state index contributed by atoms with van der Waals surface area (Å²) in [7, 11) is 0. The van der Waals surface area contributed by atoms with Crippen LogP contribution in [-0.4, -0.2) is 29.5 Å². The van der Waals surface area contributed by atoms with Crippen LogP contribution in [-0.2, 0) is 13.1 Å². The van der Waals surface area contributed by atoms with Crippen LogP contribution in [0.4, 0.5) is 0 Å². The summed E-state index contributed by atoms with van der Waals surface area (Å²) in [5.41, 5.74) is 3.09. The van der Waals surface area contributed by atoms with Gasteiger partial charge >= 0.3 is 0 Å². The second kappa shape index (κ2) is 6.00. The molecular formula is C17H16N6. The summed E-state index contributed by atoms with van der Waals surface area (Å²) in [4.78, 5) is 8.51. The Balaban J connectivity index is 1.47. The number of benzene rings is 1. The fourth-order valence-corrected chi connectivity index (χ4v) is 2.72. The Morgan fingerprint density at radius 3 is 2.70 bits per heavy atom. The zero-order valence-electron chi connectivity index (χ0n) is 12.6. The van der Waals surface area contributed by atoms with Gasteiger partial charge in [0.2, 0.25) is 0 Å². The van der Waals surface area contributed by atoms with E-state index in [0.29, 0.717) is 0 Å². The fourth-order valence-electron chi connectivity index (χ4n) is 2.72. The van der Waals surface area contributed by atoms with Gasteiger partial charge in [0.05, 0.1) is 5.52 Å². The molecule has 6 heteroatoms. The van der Waals surface area contributed by atoms with E-state index in [9.17, 15) is 0 Å². The van der Waals surface area contributed by atoms with Gasteiger partial charge in [0.1, 0.15) is 11.3 Å². The molecule has 0 aliphatic carbocycles. The van der Waals surface area contributed by atoms with Crippen molar-refractivity contribution in [3.05, 3.63) is 61.2 Å². The number of hydrogen-bond acceptors (Lipinski definition) is 4. The molecule has 4 rings (SSSR count). The van der Waals surface area contributed by atoms with Crippen LogP contribution in [0.15, 0.2) is 61.2 Å². The summed E-state index contributed by atoms with van der Waals surface area (Å²) in [6.45, 7) is 1.71. The highest BCUT2D eigenvalue weighted by Gasteiger charge is 2.06. The van der Waals surface area contributed by atoms with Gasteiger partial charge in [-0.05, 0) is 30.7 Å². The maximum absolute atomic E-state index is 4.45. The number of imidazole rings is 1. The average molecular weight is 304 g/mol. The zero-order valence-corrected chi connectivity index (χ0v) is 12.6. The molecule has 4 aromatic rings. The van der Waals surface area contributed by atoms with Crippen molar-refractivity contribution in [3.63, 3.8) is 0 Å². The van der Waals surface area contributed by atoms with E-state index in [1.165, 1.54) is 0 Å². The Bertz CT molecular complexity index is 909. The third-order valence-electron chi connectivity index (χ3n) is 3.84. The van der Waals surface area contributed by atoms with Gasteiger partial charge in [-0.3, -0.25) is 4.98 Å². The van der Waals surface area contributed by atoms with Gasteiger partial charge in [0.25, 0.3) is 0 Å². The zero-order chi connectivity index (χ0) is 15.5. The second-order valence-electron chi connectivity index (χ2n) is 5.33. The van der Waals surface area contributed by atoms with Crippen LogP contribution in [0.5, 0.6) is 0 Å². The van der Waals surface area contributed by atoms with Gasteiger partial charge in [-0.1, -0.05) is 17.3 Å². The van der Waals surface area contributed by atoms with E-state index >= 15 is 0 Å². The summed E-state index contributed by atoms with van der Waals surface area (Å²) in [5, 5.41) is 8.41. The van der Waals surface area contributed by atoms with Crippen LogP contribution < -0.4 is 0 Å². The lowest BCUT2D eigenvalue weighted by atomic mass is 10.2. The van der Waals surface area contributed by atoms with E-state index in [1.807, 2.05) is 47.4 Å². The van der Waals surface area contributed by atoms with E-state index in [-0.39, 0.29) is 0 Å². The molecule has 3 heterocycles. The van der Waals surface area contributed by atoms with Crippen molar-refractivity contribution in [2.75, 3.05) is 0 Å². The highest BCUT2D eigenvalue weighted by atomic mass is 15.4. The van der Waals surface area contributed by atoms with Gasteiger partial charge in [-0.2, -0.15) is 0 Å². The molecule has 1 aromatic carbocycles. The molecule has 3 aromatic heterocycles. The molecule has 0 saturated carbocycles. The Labute approximate surface area is 133 Å². The quantitative estimate of drug-likeness (QED) is 0.569. The molecule has 0 saturated heterocycles. The number of hydrogen-bond donors (Lipinski definition) is 0. The number of para-hydroxylation sites is 1. The molecule has 0 bridgehead atoms. The fraction of sp³-hybridized carbons (Fsp3) is 0.176. The van der Waals surface area contributed by atoms with Gasteiger partial charge in [0.15, 0.2) is 0 Å². The molecule has 0 fully saturated rings. The maximum Gasteiger partial charge on any atom is 0.139 e. The third-order valence-corrected chi connectivity index (χ3v) is 3.84. The number of rotatable bonds is 5. The first-order valence-electron chi connectivity index (χ1n) is 7.61. The molecule has 114 valence electrons. The first-order chi connectivity index (χ1) is 11.4. The summed E-state index contributed by atoms with van der Waals surface area (Å²) >= 11 is 0. The van der Waals surface area contributed by atoms with Crippen LogP contribution in [0.25, 0.3) is 22.4 Å². The number of aryl methyl sites for hydroxylation is 2. The monoisotopic (exact) mass is 304 g/mol. The minimum Gasteiger partial charge on any atom is -0.331 e. The Morgan fingerprint density at radius 2 is 1.78 bits per heavy atom. The van der Waals surface area contributed by atoms with Gasteiger partial charge in [0, 0.05) is 43.4 Å². The predicted octanol–water partition coefficient (Wildman–Crippen LogP) is 2.78. The lowest BCUT2D eigenvalue weighted by Crippen LogP contribution is -2.06. The van der Waals surface area contributed by atoms with Crippen molar-refractivity contribution >= 4 is 11.0 Å². The second-order valence-corrected chi connectivity index (χ2v) is 5.33. The lowest BCUT2D eigenvalue weighted by molar-refractivity contribution is 0.527. The standard InChI is InChI=1S/C17H16N6/c1-2-5-16-15(4-1)20-21-23(16)12-3-11-22-13-10-19-17(22)14-6-8-18-9-7-14/h1-2,4-10,13H,3,11-12H2. The first kappa shape index (κ1) is 13.6. The van der Waals surface area contributed by atoms with Crippen LogP contribution in [0.1, 0.15) is 6.42 Å². The van der Waals surface area contributed by atoms with Crippen molar-refractivity contribution in [1.82, 2.24) is 29.5 Å². The van der Waals surface area contributed by atoms with Crippen molar-refractivity contribution < 1.29 is 0 Å². The molecule has 0 aliphatic rings. The smallest absolute Gasteiger partial charge is 0.139 e. The van der Waals surface area contributed by atoms with E-state index in [2.05, 4.69) is 30.9 Å². The highest BCUT2D eigenvalue weighted by Crippen LogP contribution is 2.17. The molecule has 0 amide bonds. The van der Waals surface area contributed by atoms with Crippen LogP contribution >= 0.6 is 0 Å². The molecule has 6 nitrogen and oxygen atoms in total. The highest BCUT2D eigenvalue weighted by molar-refractivity contribution is 5.73. The number of pyridine rings is 1. The van der Waals surface area contributed by atoms with Crippen molar-refractivity contribution in [2.45, 2.75) is 19.5 Å². The van der Waals surface area contributed by atoms with Crippen LogP contribution in [0, 0.1) is 0 Å². The van der Waals surface area contributed by atoms with E-state index < -0.39 is 0 Å². The average Bonchev–Trinajstić information content (AvgIpc) is 3.23. The van der Waals surface area contributed by atoms with E-state index in [1.54, 1.807) is 12.4 Å². The summed E-state index contributed by atoms with van der Waals surface area (Å²) in [6.07, 6.45) is 8.38. The largest absolute Gasteiger partial charge is 0.331 e. The number of fused-ring (bicyclic) bond motifs is 1. The molecule has 0 unspecified atom stereocenters. The van der Waals surface area contributed by atoms with Crippen LogP contribution in [0.2, 0.25) is 0 Å². The topological polar surface area (TPSA) is 61.4 Å².